The van der Waals surface area contributed by atoms with E-state index in [9.17, 15) is 0 Å². The third-order valence-electron chi connectivity index (χ3n) is 2.19. The summed E-state index contributed by atoms with van der Waals surface area (Å²) in [7, 11) is 0. The fourth-order valence-corrected chi connectivity index (χ4v) is 1.42. The Morgan fingerprint density at radius 2 is 1.86 bits per heavy atom. The molecule has 0 spiro atoms. The minimum absolute atomic E-state index is 0.804. The second kappa shape index (κ2) is 7.19. The van der Waals surface area contributed by atoms with Crippen LogP contribution in [0.3, 0.4) is 0 Å². The van der Waals surface area contributed by atoms with Crippen LogP contribution in [0.25, 0.3) is 0 Å². The number of ether oxygens (including phenoxy) is 1. The van der Waals surface area contributed by atoms with Crippen LogP contribution < -0.4 is 0 Å². The summed E-state index contributed by atoms with van der Waals surface area (Å²) in [4.78, 5) is 0. The van der Waals surface area contributed by atoms with Crippen LogP contribution in [-0.2, 0) is 11.2 Å². The molecule has 0 aliphatic heterocycles. The van der Waals surface area contributed by atoms with Crippen LogP contribution in [0.2, 0.25) is 0 Å². The predicted octanol–water partition coefficient (Wildman–Crippen LogP) is 3.56. The monoisotopic (exact) mass is 190 g/mol. The van der Waals surface area contributed by atoms with Crippen molar-refractivity contribution in [2.75, 3.05) is 6.61 Å². The Bertz CT molecular complexity index is 241. The third kappa shape index (κ3) is 4.70. The molecule has 0 bridgehead atoms. The Morgan fingerprint density at radius 3 is 2.57 bits per heavy atom. The molecular weight excluding hydrogens is 172 g/mol. The van der Waals surface area contributed by atoms with Gasteiger partial charge in [0.2, 0.25) is 0 Å². The van der Waals surface area contributed by atoms with Gasteiger partial charge in [-0.3, -0.25) is 0 Å². The van der Waals surface area contributed by atoms with Crippen molar-refractivity contribution < 1.29 is 4.74 Å². The molecule has 14 heavy (non-hydrogen) atoms. The summed E-state index contributed by atoms with van der Waals surface area (Å²) in [5.41, 5.74) is 1.43. The van der Waals surface area contributed by atoms with E-state index in [1.807, 2.05) is 0 Å². The number of benzene rings is 1. The van der Waals surface area contributed by atoms with Crippen LogP contribution in [0.5, 0.6) is 0 Å². The van der Waals surface area contributed by atoms with Gasteiger partial charge in [-0.15, -0.1) is 0 Å². The summed E-state index contributed by atoms with van der Waals surface area (Å²) in [6, 6.07) is 10.6. The molecule has 1 aromatic carbocycles. The van der Waals surface area contributed by atoms with Gasteiger partial charge in [-0.2, -0.15) is 0 Å². The average Bonchev–Trinajstić information content (AvgIpc) is 2.25. The molecule has 1 heteroatoms. The molecule has 1 aromatic rings. The fourth-order valence-electron chi connectivity index (χ4n) is 1.42. The van der Waals surface area contributed by atoms with Crippen LogP contribution in [-0.4, -0.2) is 6.61 Å². The van der Waals surface area contributed by atoms with Gasteiger partial charge < -0.3 is 4.74 Å². The summed E-state index contributed by atoms with van der Waals surface area (Å²) in [6.07, 6.45) is 6.28. The van der Waals surface area contributed by atoms with Crippen molar-refractivity contribution in [3.63, 3.8) is 0 Å². The standard InChI is InChI=1S/C13H18O/c1-2-14-12-8-4-7-11-13-9-5-3-6-10-13/h2-3,5-6,9-10H,1,4,7-8,11-12H2. The zero-order valence-electron chi connectivity index (χ0n) is 8.61. The predicted molar refractivity (Wildman–Crippen MR) is 60.1 cm³/mol. The maximum absolute atomic E-state index is 5.05. The van der Waals surface area contributed by atoms with Crippen molar-refractivity contribution in [2.24, 2.45) is 0 Å². The largest absolute Gasteiger partial charge is 0.502 e. The van der Waals surface area contributed by atoms with Crippen molar-refractivity contribution in [3.05, 3.63) is 48.7 Å². The first-order valence-electron chi connectivity index (χ1n) is 5.20. The highest BCUT2D eigenvalue weighted by Gasteiger charge is 1.92. The summed E-state index contributed by atoms with van der Waals surface area (Å²) >= 11 is 0. The molecule has 0 aromatic heterocycles. The first kappa shape index (κ1) is 10.8. The molecule has 0 N–H and O–H groups in total. The SMILES string of the molecule is C=COCCCCCc1ccccc1. The van der Waals surface area contributed by atoms with Crippen LogP contribution in [0, 0.1) is 0 Å². The minimum Gasteiger partial charge on any atom is -0.502 e. The van der Waals surface area contributed by atoms with Gasteiger partial charge in [-0.1, -0.05) is 36.9 Å². The molecule has 0 aliphatic rings. The zero-order chi connectivity index (χ0) is 10.1. The van der Waals surface area contributed by atoms with E-state index in [2.05, 4.69) is 36.9 Å². The normalized spacial score (nSPS) is 9.71. The molecule has 0 saturated carbocycles. The van der Waals surface area contributed by atoms with E-state index < -0.39 is 0 Å². The minimum atomic E-state index is 0.804. The Kier molecular flexibility index (Phi) is 5.57. The number of aryl methyl sites for hydroxylation is 1. The van der Waals surface area contributed by atoms with Gasteiger partial charge >= 0.3 is 0 Å². The summed E-state index contributed by atoms with van der Waals surface area (Å²) in [6.45, 7) is 4.31. The molecule has 0 saturated heterocycles. The molecule has 76 valence electrons. The molecule has 0 heterocycles. The molecule has 1 rings (SSSR count). The lowest BCUT2D eigenvalue weighted by Crippen LogP contribution is -1.89. The highest BCUT2D eigenvalue weighted by Crippen LogP contribution is 2.05. The van der Waals surface area contributed by atoms with E-state index in [0.29, 0.717) is 0 Å². The fraction of sp³-hybridized carbons (Fsp3) is 0.385. The van der Waals surface area contributed by atoms with E-state index in [-0.39, 0.29) is 0 Å². The molecule has 0 atom stereocenters. The lowest BCUT2D eigenvalue weighted by Gasteiger charge is -2.01. The smallest absolute Gasteiger partial charge is 0.0873 e. The summed E-state index contributed by atoms with van der Waals surface area (Å²) in [5.74, 6) is 0. The third-order valence-corrected chi connectivity index (χ3v) is 2.19. The number of rotatable bonds is 7. The quantitative estimate of drug-likeness (QED) is 0.472. The van der Waals surface area contributed by atoms with Gasteiger partial charge in [0.1, 0.15) is 0 Å². The van der Waals surface area contributed by atoms with Gasteiger partial charge in [0.05, 0.1) is 12.9 Å². The number of hydrogen-bond donors (Lipinski definition) is 0. The average molecular weight is 190 g/mol. The van der Waals surface area contributed by atoms with Gasteiger partial charge in [0.15, 0.2) is 0 Å². The lowest BCUT2D eigenvalue weighted by atomic mass is 10.1. The van der Waals surface area contributed by atoms with E-state index in [1.54, 1.807) is 0 Å². The van der Waals surface area contributed by atoms with Crippen molar-refractivity contribution in [1.29, 1.82) is 0 Å². The van der Waals surface area contributed by atoms with Gasteiger partial charge in [0, 0.05) is 0 Å². The van der Waals surface area contributed by atoms with Crippen molar-refractivity contribution >= 4 is 0 Å². The maximum atomic E-state index is 5.05. The topological polar surface area (TPSA) is 9.23 Å². The Balaban J connectivity index is 2.02. The highest BCUT2D eigenvalue weighted by molar-refractivity contribution is 5.14. The van der Waals surface area contributed by atoms with Gasteiger partial charge in [-0.05, 0) is 31.2 Å². The van der Waals surface area contributed by atoms with Crippen molar-refractivity contribution in [1.82, 2.24) is 0 Å². The first-order chi connectivity index (χ1) is 6.93. The second-order valence-electron chi connectivity index (χ2n) is 3.33. The van der Waals surface area contributed by atoms with Crippen LogP contribution >= 0.6 is 0 Å². The highest BCUT2D eigenvalue weighted by atomic mass is 16.5. The molecule has 0 radical (unpaired) electrons. The second-order valence-corrected chi connectivity index (χ2v) is 3.33. The molecule has 0 aliphatic carbocycles. The number of unbranched alkanes of at least 4 members (excludes halogenated alkanes) is 2. The van der Waals surface area contributed by atoms with E-state index in [1.165, 1.54) is 31.1 Å². The van der Waals surface area contributed by atoms with Crippen LogP contribution in [0.1, 0.15) is 24.8 Å². The van der Waals surface area contributed by atoms with Crippen molar-refractivity contribution in [3.8, 4) is 0 Å². The maximum Gasteiger partial charge on any atom is 0.0873 e. The van der Waals surface area contributed by atoms with Gasteiger partial charge in [-0.25, -0.2) is 0 Å². The Labute approximate surface area is 86.4 Å². The molecule has 0 amide bonds. The van der Waals surface area contributed by atoms with Crippen molar-refractivity contribution in [2.45, 2.75) is 25.7 Å². The Hall–Kier alpha value is -1.24. The number of hydrogen-bond acceptors (Lipinski definition) is 1. The lowest BCUT2D eigenvalue weighted by molar-refractivity contribution is 0.242. The first-order valence-corrected chi connectivity index (χ1v) is 5.20. The molecule has 0 unspecified atom stereocenters. The molecule has 1 nitrogen and oxygen atoms in total. The summed E-state index contributed by atoms with van der Waals surface area (Å²) < 4.78 is 5.05. The van der Waals surface area contributed by atoms with E-state index >= 15 is 0 Å². The van der Waals surface area contributed by atoms with Crippen LogP contribution in [0.15, 0.2) is 43.2 Å². The molecular formula is C13H18O. The van der Waals surface area contributed by atoms with Crippen LogP contribution in [0.4, 0.5) is 0 Å². The van der Waals surface area contributed by atoms with Gasteiger partial charge in [0.25, 0.3) is 0 Å². The molecule has 0 fully saturated rings. The Morgan fingerprint density at radius 1 is 1.07 bits per heavy atom. The summed E-state index contributed by atoms with van der Waals surface area (Å²) in [5, 5.41) is 0. The zero-order valence-corrected chi connectivity index (χ0v) is 8.61. The van der Waals surface area contributed by atoms with E-state index in [4.69, 9.17) is 4.74 Å². The van der Waals surface area contributed by atoms with E-state index in [0.717, 1.165) is 13.0 Å².